The van der Waals surface area contributed by atoms with E-state index in [0.29, 0.717) is 10.0 Å². The van der Waals surface area contributed by atoms with Crippen LogP contribution in [0.2, 0.25) is 5.02 Å². The van der Waals surface area contributed by atoms with Gasteiger partial charge in [0.25, 0.3) is 0 Å². The van der Waals surface area contributed by atoms with Crippen LogP contribution < -0.4 is 11.1 Å². The Labute approximate surface area is 110 Å². The minimum Gasteiger partial charge on any atom is -0.389 e. The maximum Gasteiger partial charge on any atom is 0.103 e. The minimum absolute atomic E-state index is 0.402. The highest BCUT2D eigenvalue weighted by Gasteiger charge is 1.98. The fourth-order valence-electron chi connectivity index (χ4n) is 1.45. The van der Waals surface area contributed by atoms with Crippen molar-refractivity contribution in [2.24, 2.45) is 5.73 Å². The molecule has 17 heavy (non-hydrogen) atoms. The molecule has 3 N–H and O–H groups in total. The molecule has 0 aliphatic rings. The van der Waals surface area contributed by atoms with E-state index in [0.717, 1.165) is 16.9 Å². The smallest absolute Gasteiger partial charge is 0.103 e. The van der Waals surface area contributed by atoms with E-state index in [1.807, 2.05) is 48.5 Å². The first-order chi connectivity index (χ1) is 8.15. The van der Waals surface area contributed by atoms with Crippen molar-refractivity contribution in [2.75, 3.05) is 5.32 Å². The zero-order valence-electron chi connectivity index (χ0n) is 8.98. The average molecular weight is 263 g/mol. The molecule has 0 saturated carbocycles. The Morgan fingerprint density at radius 2 is 1.76 bits per heavy atom. The Hall–Kier alpha value is -1.58. The third-order valence-electron chi connectivity index (χ3n) is 2.28. The number of hydrogen-bond acceptors (Lipinski definition) is 2. The molecule has 0 spiro atoms. The topological polar surface area (TPSA) is 38.0 Å². The molecule has 0 aliphatic carbocycles. The molecule has 0 bridgehead atoms. The first-order valence-corrected chi connectivity index (χ1v) is 5.86. The van der Waals surface area contributed by atoms with Crippen molar-refractivity contribution in [3.8, 4) is 0 Å². The summed E-state index contributed by atoms with van der Waals surface area (Å²) in [4.78, 5) is 0.402. The molecule has 2 rings (SSSR count). The number of benzene rings is 2. The van der Waals surface area contributed by atoms with E-state index < -0.39 is 0 Å². The fraction of sp³-hybridized carbons (Fsp3) is 0. The van der Waals surface area contributed by atoms with Crippen LogP contribution in [0.15, 0.2) is 48.5 Å². The highest BCUT2D eigenvalue weighted by Crippen LogP contribution is 2.20. The highest BCUT2D eigenvalue weighted by molar-refractivity contribution is 7.80. The highest BCUT2D eigenvalue weighted by atomic mass is 35.5. The molecule has 4 heteroatoms. The monoisotopic (exact) mass is 262 g/mol. The standard InChI is InChI=1S/C13H11ClN2S/c14-10-2-1-3-12(8-10)16-11-6-4-9(5-7-11)13(15)17/h1-8,16H,(H2,15,17). The number of anilines is 2. The summed E-state index contributed by atoms with van der Waals surface area (Å²) < 4.78 is 0. The molecule has 2 aromatic carbocycles. The van der Waals surface area contributed by atoms with Crippen LogP contribution in [0.25, 0.3) is 0 Å². The van der Waals surface area contributed by atoms with Crippen LogP contribution in [0, 0.1) is 0 Å². The third-order valence-corrected chi connectivity index (χ3v) is 2.75. The van der Waals surface area contributed by atoms with Crippen molar-refractivity contribution >= 4 is 40.2 Å². The van der Waals surface area contributed by atoms with Gasteiger partial charge in [0, 0.05) is 22.0 Å². The second kappa shape index (κ2) is 5.17. The second-order valence-electron chi connectivity index (χ2n) is 3.58. The number of halogens is 1. The van der Waals surface area contributed by atoms with Gasteiger partial charge in [-0.1, -0.05) is 29.9 Å². The maximum atomic E-state index is 5.90. The second-order valence-corrected chi connectivity index (χ2v) is 4.45. The molecule has 0 aliphatic heterocycles. The molecular formula is C13H11ClN2S. The minimum atomic E-state index is 0.402. The number of nitrogens with one attached hydrogen (secondary N) is 1. The average Bonchev–Trinajstić information content (AvgIpc) is 2.29. The van der Waals surface area contributed by atoms with Gasteiger partial charge in [0.05, 0.1) is 0 Å². The Balaban J connectivity index is 2.16. The molecule has 86 valence electrons. The van der Waals surface area contributed by atoms with Crippen LogP contribution in [-0.4, -0.2) is 4.99 Å². The van der Waals surface area contributed by atoms with Crippen LogP contribution >= 0.6 is 23.8 Å². The summed E-state index contributed by atoms with van der Waals surface area (Å²) in [6.07, 6.45) is 0. The molecule has 0 unspecified atom stereocenters. The molecule has 2 nitrogen and oxygen atoms in total. The molecule has 0 amide bonds. The van der Waals surface area contributed by atoms with E-state index in [-0.39, 0.29) is 0 Å². The van der Waals surface area contributed by atoms with Gasteiger partial charge in [-0.3, -0.25) is 0 Å². The molecule has 0 atom stereocenters. The van der Waals surface area contributed by atoms with Gasteiger partial charge >= 0.3 is 0 Å². The molecule has 0 saturated heterocycles. The lowest BCUT2D eigenvalue weighted by Gasteiger charge is -2.07. The fourth-order valence-corrected chi connectivity index (χ4v) is 1.78. The lowest BCUT2D eigenvalue weighted by molar-refractivity contribution is 1.53. The van der Waals surface area contributed by atoms with E-state index in [9.17, 15) is 0 Å². The summed E-state index contributed by atoms with van der Waals surface area (Å²) in [5, 5.41) is 3.95. The first kappa shape index (κ1) is 11.9. The largest absolute Gasteiger partial charge is 0.389 e. The van der Waals surface area contributed by atoms with Gasteiger partial charge in [0.2, 0.25) is 0 Å². The predicted molar refractivity (Wildman–Crippen MR) is 77.1 cm³/mol. The summed E-state index contributed by atoms with van der Waals surface area (Å²) in [5.74, 6) is 0. The molecule has 0 radical (unpaired) electrons. The zero-order valence-corrected chi connectivity index (χ0v) is 10.6. The molecule has 0 aromatic heterocycles. The van der Waals surface area contributed by atoms with Gasteiger partial charge in [-0.2, -0.15) is 0 Å². The summed E-state index contributed by atoms with van der Waals surface area (Å²) in [5.41, 5.74) is 8.30. The number of rotatable bonds is 3. The Bertz CT molecular complexity index is 537. The van der Waals surface area contributed by atoms with E-state index in [1.54, 1.807) is 0 Å². The Morgan fingerprint density at radius 1 is 1.06 bits per heavy atom. The van der Waals surface area contributed by atoms with Gasteiger partial charge in [0.1, 0.15) is 4.99 Å². The number of nitrogens with two attached hydrogens (primary N) is 1. The molecule has 0 heterocycles. The number of hydrogen-bond donors (Lipinski definition) is 2. The summed E-state index contributed by atoms with van der Waals surface area (Å²) in [6.45, 7) is 0. The molecular weight excluding hydrogens is 252 g/mol. The Morgan fingerprint density at radius 3 is 2.35 bits per heavy atom. The number of thiocarbonyl (C=S) groups is 1. The maximum absolute atomic E-state index is 5.90. The van der Waals surface area contributed by atoms with E-state index >= 15 is 0 Å². The van der Waals surface area contributed by atoms with Crippen molar-refractivity contribution in [2.45, 2.75) is 0 Å². The summed E-state index contributed by atoms with van der Waals surface area (Å²) in [6, 6.07) is 15.2. The normalized spacial score (nSPS) is 9.94. The molecule has 2 aromatic rings. The van der Waals surface area contributed by atoms with E-state index in [2.05, 4.69) is 5.32 Å². The van der Waals surface area contributed by atoms with Gasteiger partial charge in [-0.05, 0) is 42.5 Å². The van der Waals surface area contributed by atoms with Gasteiger partial charge in [-0.25, -0.2) is 0 Å². The zero-order chi connectivity index (χ0) is 12.3. The van der Waals surface area contributed by atoms with Crippen molar-refractivity contribution in [1.29, 1.82) is 0 Å². The summed E-state index contributed by atoms with van der Waals surface area (Å²) >= 11 is 10.8. The van der Waals surface area contributed by atoms with Crippen molar-refractivity contribution in [3.05, 3.63) is 59.1 Å². The van der Waals surface area contributed by atoms with Crippen LogP contribution in [0.3, 0.4) is 0 Å². The van der Waals surface area contributed by atoms with Crippen molar-refractivity contribution < 1.29 is 0 Å². The van der Waals surface area contributed by atoms with Crippen LogP contribution in [0.4, 0.5) is 11.4 Å². The quantitative estimate of drug-likeness (QED) is 0.828. The van der Waals surface area contributed by atoms with Crippen LogP contribution in [0.1, 0.15) is 5.56 Å². The van der Waals surface area contributed by atoms with Gasteiger partial charge in [0.15, 0.2) is 0 Å². The van der Waals surface area contributed by atoms with Crippen molar-refractivity contribution in [1.82, 2.24) is 0 Å². The SMILES string of the molecule is NC(=S)c1ccc(Nc2cccc(Cl)c2)cc1. The lowest BCUT2D eigenvalue weighted by Crippen LogP contribution is -2.08. The Kier molecular flexibility index (Phi) is 3.61. The van der Waals surface area contributed by atoms with Crippen LogP contribution in [0.5, 0.6) is 0 Å². The van der Waals surface area contributed by atoms with E-state index in [4.69, 9.17) is 29.6 Å². The first-order valence-electron chi connectivity index (χ1n) is 5.07. The molecule has 0 fully saturated rings. The van der Waals surface area contributed by atoms with Crippen molar-refractivity contribution in [3.63, 3.8) is 0 Å². The van der Waals surface area contributed by atoms with Crippen LogP contribution in [-0.2, 0) is 0 Å². The third kappa shape index (κ3) is 3.19. The lowest BCUT2D eigenvalue weighted by atomic mass is 10.2. The van der Waals surface area contributed by atoms with E-state index in [1.165, 1.54) is 0 Å². The van der Waals surface area contributed by atoms with Gasteiger partial charge in [-0.15, -0.1) is 0 Å². The summed E-state index contributed by atoms with van der Waals surface area (Å²) in [7, 11) is 0. The van der Waals surface area contributed by atoms with Gasteiger partial charge < -0.3 is 11.1 Å². The predicted octanol–water partition coefficient (Wildman–Crippen LogP) is 3.72.